The van der Waals surface area contributed by atoms with E-state index < -0.39 is 0 Å². The van der Waals surface area contributed by atoms with Crippen LogP contribution in [0.4, 0.5) is 0 Å². The SMILES string of the molecule is CCOc1cnc(-c2cccc(-c3ncc(OCC)o3)c2)o1. The molecule has 1 aromatic carbocycles. The van der Waals surface area contributed by atoms with Crippen molar-refractivity contribution < 1.29 is 18.3 Å². The van der Waals surface area contributed by atoms with Crippen LogP contribution in [0.5, 0.6) is 11.9 Å². The molecule has 0 aliphatic heterocycles. The minimum atomic E-state index is 0.401. The van der Waals surface area contributed by atoms with Gasteiger partial charge >= 0.3 is 11.9 Å². The molecule has 114 valence electrons. The molecule has 2 heterocycles. The third-order valence-corrected chi connectivity index (χ3v) is 2.90. The molecule has 0 saturated heterocycles. The van der Waals surface area contributed by atoms with E-state index in [0.717, 1.165) is 11.1 Å². The summed E-state index contributed by atoms with van der Waals surface area (Å²) in [6, 6.07) is 7.58. The third-order valence-electron chi connectivity index (χ3n) is 2.90. The van der Waals surface area contributed by atoms with Gasteiger partial charge in [-0.25, -0.2) is 9.97 Å². The van der Waals surface area contributed by atoms with Gasteiger partial charge in [-0.1, -0.05) is 6.07 Å². The number of oxazole rings is 2. The zero-order valence-electron chi connectivity index (χ0n) is 12.4. The van der Waals surface area contributed by atoms with E-state index in [4.69, 9.17) is 18.3 Å². The van der Waals surface area contributed by atoms with Crippen molar-refractivity contribution in [1.29, 1.82) is 0 Å². The molecule has 0 bridgehead atoms. The van der Waals surface area contributed by atoms with Crippen LogP contribution in [0, 0.1) is 0 Å². The minimum Gasteiger partial charge on any atom is -0.464 e. The van der Waals surface area contributed by atoms with Crippen molar-refractivity contribution in [1.82, 2.24) is 9.97 Å². The molecule has 0 aliphatic carbocycles. The average molecular weight is 300 g/mol. The molecular weight excluding hydrogens is 284 g/mol. The van der Waals surface area contributed by atoms with Crippen molar-refractivity contribution >= 4 is 0 Å². The van der Waals surface area contributed by atoms with Crippen molar-refractivity contribution in [2.75, 3.05) is 13.2 Å². The van der Waals surface area contributed by atoms with Gasteiger partial charge in [0.15, 0.2) is 0 Å². The Balaban J connectivity index is 1.87. The molecule has 0 spiro atoms. The van der Waals surface area contributed by atoms with Gasteiger partial charge in [0, 0.05) is 11.1 Å². The zero-order valence-corrected chi connectivity index (χ0v) is 12.4. The number of hydrogen-bond donors (Lipinski definition) is 0. The fraction of sp³-hybridized carbons (Fsp3) is 0.250. The Labute approximate surface area is 127 Å². The van der Waals surface area contributed by atoms with E-state index in [2.05, 4.69) is 9.97 Å². The lowest BCUT2D eigenvalue weighted by Gasteiger charge is -2.00. The summed E-state index contributed by atoms with van der Waals surface area (Å²) in [7, 11) is 0. The van der Waals surface area contributed by atoms with E-state index in [1.54, 1.807) is 12.4 Å². The number of nitrogens with zero attached hydrogens (tertiary/aromatic N) is 2. The summed E-state index contributed by atoms with van der Waals surface area (Å²) in [4.78, 5) is 8.41. The first-order chi connectivity index (χ1) is 10.8. The maximum Gasteiger partial charge on any atom is 0.305 e. The Hall–Kier alpha value is -2.76. The van der Waals surface area contributed by atoms with Gasteiger partial charge in [0.25, 0.3) is 0 Å². The first-order valence-electron chi connectivity index (χ1n) is 7.08. The largest absolute Gasteiger partial charge is 0.464 e. The third kappa shape index (κ3) is 2.95. The standard InChI is InChI=1S/C16H16N2O4/c1-3-19-13-9-17-15(21-13)11-6-5-7-12(8-11)16-18-10-14(22-16)20-4-2/h5-10H,3-4H2,1-2H3. The lowest BCUT2D eigenvalue weighted by Crippen LogP contribution is -1.88. The van der Waals surface area contributed by atoms with Crippen molar-refractivity contribution in [3.05, 3.63) is 36.7 Å². The van der Waals surface area contributed by atoms with Crippen molar-refractivity contribution in [3.63, 3.8) is 0 Å². The highest BCUT2D eigenvalue weighted by Gasteiger charge is 2.11. The van der Waals surface area contributed by atoms with Crippen molar-refractivity contribution in [2.24, 2.45) is 0 Å². The second-order valence-corrected chi connectivity index (χ2v) is 4.42. The van der Waals surface area contributed by atoms with Crippen LogP contribution in [0.25, 0.3) is 22.9 Å². The fourth-order valence-electron chi connectivity index (χ4n) is 1.99. The summed E-state index contributed by atoms with van der Waals surface area (Å²) in [5, 5.41) is 0. The molecule has 3 aromatic rings. The van der Waals surface area contributed by atoms with E-state index >= 15 is 0 Å². The van der Waals surface area contributed by atoms with Crippen LogP contribution in [0.1, 0.15) is 13.8 Å². The highest BCUT2D eigenvalue weighted by atomic mass is 16.6. The Bertz CT molecular complexity index is 688. The molecule has 0 aliphatic rings. The maximum atomic E-state index is 5.54. The summed E-state index contributed by atoms with van der Waals surface area (Å²) in [5.41, 5.74) is 1.64. The second kappa shape index (κ2) is 6.34. The van der Waals surface area contributed by atoms with Gasteiger partial charge in [0.1, 0.15) is 12.4 Å². The Morgan fingerprint density at radius 1 is 0.864 bits per heavy atom. The topological polar surface area (TPSA) is 70.5 Å². The number of hydrogen-bond acceptors (Lipinski definition) is 6. The molecule has 0 atom stereocenters. The summed E-state index contributed by atoms with van der Waals surface area (Å²) in [5.74, 6) is 1.78. The van der Waals surface area contributed by atoms with Crippen molar-refractivity contribution in [2.45, 2.75) is 13.8 Å². The molecule has 6 nitrogen and oxygen atoms in total. The first-order valence-corrected chi connectivity index (χ1v) is 7.08. The van der Waals surface area contributed by atoms with Gasteiger partial charge < -0.3 is 18.3 Å². The highest BCUT2D eigenvalue weighted by molar-refractivity contribution is 5.64. The molecule has 0 saturated carbocycles. The van der Waals surface area contributed by atoms with Crippen molar-refractivity contribution in [3.8, 4) is 34.8 Å². The molecular formula is C16H16N2O4. The van der Waals surface area contributed by atoms with Crippen LogP contribution in [0.15, 0.2) is 45.5 Å². The Kier molecular flexibility index (Phi) is 4.09. The summed E-state index contributed by atoms with van der Waals surface area (Å²) in [6.07, 6.45) is 3.12. The van der Waals surface area contributed by atoms with Gasteiger partial charge in [-0.15, -0.1) is 0 Å². The van der Waals surface area contributed by atoms with Crippen LogP contribution in [-0.2, 0) is 0 Å². The zero-order chi connectivity index (χ0) is 15.4. The molecule has 2 aromatic heterocycles. The van der Waals surface area contributed by atoms with E-state index in [0.29, 0.717) is 36.9 Å². The summed E-state index contributed by atoms with van der Waals surface area (Å²) < 4.78 is 21.6. The summed E-state index contributed by atoms with van der Waals surface area (Å²) in [6.45, 7) is 4.85. The van der Waals surface area contributed by atoms with Crippen LogP contribution >= 0.6 is 0 Å². The predicted molar refractivity (Wildman–Crippen MR) is 79.8 cm³/mol. The molecule has 0 fully saturated rings. The minimum absolute atomic E-state index is 0.401. The lowest BCUT2D eigenvalue weighted by molar-refractivity contribution is 0.260. The van der Waals surface area contributed by atoms with E-state index in [1.165, 1.54) is 0 Å². The lowest BCUT2D eigenvalue weighted by atomic mass is 10.1. The van der Waals surface area contributed by atoms with Gasteiger partial charge in [0.2, 0.25) is 11.8 Å². The number of benzene rings is 1. The normalized spacial score (nSPS) is 10.6. The molecule has 0 amide bonds. The first kappa shape index (κ1) is 14.2. The number of rotatable bonds is 6. The molecule has 0 N–H and O–H groups in total. The smallest absolute Gasteiger partial charge is 0.305 e. The van der Waals surface area contributed by atoms with Gasteiger partial charge in [-0.2, -0.15) is 0 Å². The summed E-state index contributed by atoms with van der Waals surface area (Å²) >= 11 is 0. The van der Waals surface area contributed by atoms with E-state index in [1.807, 2.05) is 38.1 Å². The van der Waals surface area contributed by atoms with Crippen LogP contribution < -0.4 is 9.47 Å². The van der Waals surface area contributed by atoms with Crippen LogP contribution in [0.2, 0.25) is 0 Å². The highest BCUT2D eigenvalue weighted by Crippen LogP contribution is 2.29. The molecule has 0 unspecified atom stereocenters. The quantitative estimate of drug-likeness (QED) is 0.689. The number of aromatic nitrogens is 2. The number of ether oxygens (including phenoxy) is 2. The molecule has 22 heavy (non-hydrogen) atoms. The monoisotopic (exact) mass is 300 g/mol. The Morgan fingerprint density at radius 3 is 1.82 bits per heavy atom. The molecule has 6 heteroatoms. The van der Waals surface area contributed by atoms with Gasteiger partial charge in [-0.3, -0.25) is 0 Å². The molecule has 0 radical (unpaired) electrons. The van der Waals surface area contributed by atoms with Crippen LogP contribution in [0.3, 0.4) is 0 Å². The fourth-order valence-corrected chi connectivity index (χ4v) is 1.99. The van der Waals surface area contributed by atoms with Crippen LogP contribution in [-0.4, -0.2) is 23.2 Å². The Morgan fingerprint density at radius 2 is 1.36 bits per heavy atom. The molecule has 3 rings (SSSR count). The maximum absolute atomic E-state index is 5.54. The van der Waals surface area contributed by atoms with Gasteiger partial charge in [0.05, 0.1) is 13.2 Å². The predicted octanol–water partition coefficient (Wildman–Crippen LogP) is 3.79. The second-order valence-electron chi connectivity index (χ2n) is 4.42. The average Bonchev–Trinajstić information content (AvgIpc) is 3.18. The van der Waals surface area contributed by atoms with E-state index in [9.17, 15) is 0 Å². The van der Waals surface area contributed by atoms with E-state index in [-0.39, 0.29) is 0 Å². The van der Waals surface area contributed by atoms with Gasteiger partial charge in [-0.05, 0) is 32.0 Å².